The third kappa shape index (κ3) is 4.04. The molecule has 0 unspecified atom stereocenters. The third-order valence-electron chi connectivity index (χ3n) is 2.46. The zero-order valence-electron chi connectivity index (χ0n) is 10.3. The first kappa shape index (κ1) is 13.5. The molecule has 0 bridgehead atoms. The van der Waals surface area contributed by atoms with Crippen LogP contribution in [0.5, 0.6) is 0 Å². The summed E-state index contributed by atoms with van der Waals surface area (Å²) in [5.41, 5.74) is 2.82. The van der Waals surface area contributed by atoms with Crippen LogP contribution >= 0.6 is 0 Å². The van der Waals surface area contributed by atoms with Gasteiger partial charge < -0.3 is 9.84 Å². The number of hydrogen-bond donors (Lipinski definition) is 1. The van der Waals surface area contributed by atoms with Crippen molar-refractivity contribution in [2.45, 2.75) is 26.4 Å². The second-order valence-corrected chi connectivity index (χ2v) is 3.94. The fraction of sp³-hybridized carbons (Fsp3) is 0.357. The Kier molecular flexibility index (Phi) is 4.91. The molecular formula is C14H18O3. The number of carbonyl (C=O) groups excluding carboxylic acids is 1. The molecule has 0 fully saturated rings. The van der Waals surface area contributed by atoms with Crippen molar-refractivity contribution in [1.29, 1.82) is 0 Å². The van der Waals surface area contributed by atoms with Crippen molar-refractivity contribution >= 4 is 11.5 Å². The van der Waals surface area contributed by atoms with E-state index in [9.17, 15) is 9.90 Å². The maximum absolute atomic E-state index is 11.3. The second kappa shape index (κ2) is 6.21. The van der Waals surface area contributed by atoms with E-state index in [1.54, 1.807) is 6.92 Å². The van der Waals surface area contributed by atoms with Crippen molar-refractivity contribution in [3.63, 3.8) is 0 Å². The van der Waals surface area contributed by atoms with E-state index in [4.69, 9.17) is 4.74 Å². The molecule has 0 aliphatic carbocycles. The van der Waals surface area contributed by atoms with Gasteiger partial charge >= 0.3 is 5.97 Å². The molecule has 1 N–H and O–H groups in total. The van der Waals surface area contributed by atoms with Gasteiger partial charge in [0.15, 0.2) is 6.10 Å². The summed E-state index contributed by atoms with van der Waals surface area (Å²) >= 11 is 0. The standard InChI is InChI=1S/C14H18O3/c1-4-17-14(16)13(15)9-11(3)12-7-5-10(2)6-8-12/h5-8,13,15H,3-4,9H2,1-2H3/t13-/m0/s1. The summed E-state index contributed by atoms with van der Waals surface area (Å²) in [5, 5.41) is 9.60. The van der Waals surface area contributed by atoms with Crippen molar-refractivity contribution in [3.8, 4) is 0 Å². The van der Waals surface area contributed by atoms with Gasteiger partial charge in [-0.15, -0.1) is 0 Å². The molecule has 3 heteroatoms. The van der Waals surface area contributed by atoms with Crippen molar-refractivity contribution in [2.24, 2.45) is 0 Å². The van der Waals surface area contributed by atoms with E-state index in [1.807, 2.05) is 31.2 Å². The highest BCUT2D eigenvalue weighted by Crippen LogP contribution is 2.18. The molecule has 3 nitrogen and oxygen atoms in total. The second-order valence-electron chi connectivity index (χ2n) is 3.94. The minimum atomic E-state index is -1.14. The van der Waals surface area contributed by atoms with Crippen LogP contribution in [0.3, 0.4) is 0 Å². The molecule has 0 spiro atoms. The number of ether oxygens (including phenoxy) is 1. The molecular weight excluding hydrogens is 216 g/mol. The van der Waals surface area contributed by atoms with E-state index in [0.29, 0.717) is 0 Å². The van der Waals surface area contributed by atoms with Crippen LogP contribution in [0.4, 0.5) is 0 Å². The molecule has 1 aromatic carbocycles. The van der Waals surface area contributed by atoms with Crippen molar-refractivity contribution in [2.75, 3.05) is 6.61 Å². The Morgan fingerprint density at radius 3 is 2.53 bits per heavy atom. The molecule has 0 saturated carbocycles. The summed E-state index contributed by atoms with van der Waals surface area (Å²) in [7, 11) is 0. The maximum Gasteiger partial charge on any atom is 0.335 e. The molecule has 17 heavy (non-hydrogen) atoms. The van der Waals surface area contributed by atoms with Crippen molar-refractivity contribution in [3.05, 3.63) is 42.0 Å². The predicted molar refractivity (Wildman–Crippen MR) is 67.5 cm³/mol. The minimum absolute atomic E-state index is 0.196. The Morgan fingerprint density at radius 1 is 1.41 bits per heavy atom. The Morgan fingerprint density at radius 2 is 2.00 bits per heavy atom. The van der Waals surface area contributed by atoms with Crippen LogP contribution in [0.1, 0.15) is 24.5 Å². The summed E-state index contributed by atoms with van der Waals surface area (Å²) in [6.07, 6.45) is -0.939. The van der Waals surface area contributed by atoms with E-state index in [0.717, 1.165) is 16.7 Å². The highest BCUT2D eigenvalue weighted by atomic mass is 16.5. The van der Waals surface area contributed by atoms with Crippen LogP contribution in [0, 0.1) is 6.92 Å². The molecule has 0 saturated heterocycles. The summed E-state index contributed by atoms with van der Waals surface area (Å²) in [5.74, 6) is -0.597. The van der Waals surface area contributed by atoms with Gasteiger partial charge in [0.25, 0.3) is 0 Å². The first-order valence-corrected chi connectivity index (χ1v) is 5.64. The summed E-state index contributed by atoms with van der Waals surface area (Å²) < 4.78 is 4.73. The van der Waals surface area contributed by atoms with Crippen LogP contribution in [0.2, 0.25) is 0 Å². The highest BCUT2D eigenvalue weighted by molar-refractivity contribution is 5.78. The Balaban J connectivity index is 2.60. The molecule has 92 valence electrons. The Hall–Kier alpha value is -1.61. The van der Waals surface area contributed by atoms with Gasteiger partial charge in [0.05, 0.1) is 6.61 Å². The summed E-state index contributed by atoms with van der Waals surface area (Å²) in [4.78, 5) is 11.3. The minimum Gasteiger partial charge on any atom is -0.464 e. The van der Waals surface area contributed by atoms with Crippen LogP contribution in [-0.2, 0) is 9.53 Å². The third-order valence-corrected chi connectivity index (χ3v) is 2.46. The topological polar surface area (TPSA) is 46.5 Å². The number of carbonyl (C=O) groups is 1. The lowest BCUT2D eigenvalue weighted by atomic mass is 10.0. The van der Waals surface area contributed by atoms with E-state index in [-0.39, 0.29) is 13.0 Å². The van der Waals surface area contributed by atoms with Gasteiger partial charge in [0, 0.05) is 6.42 Å². The van der Waals surface area contributed by atoms with Gasteiger partial charge in [-0.25, -0.2) is 4.79 Å². The number of hydrogen-bond acceptors (Lipinski definition) is 3. The molecule has 0 heterocycles. The lowest BCUT2D eigenvalue weighted by Gasteiger charge is -2.11. The molecule has 0 amide bonds. The van der Waals surface area contributed by atoms with Gasteiger partial charge in [0.2, 0.25) is 0 Å². The fourth-order valence-corrected chi connectivity index (χ4v) is 1.46. The zero-order chi connectivity index (χ0) is 12.8. The van der Waals surface area contributed by atoms with Crippen LogP contribution in [0.15, 0.2) is 30.8 Å². The number of benzene rings is 1. The first-order valence-electron chi connectivity index (χ1n) is 5.64. The number of rotatable bonds is 5. The van der Waals surface area contributed by atoms with E-state index in [2.05, 4.69) is 6.58 Å². The number of aryl methyl sites for hydroxylation is 1. The summed E-state index contributed by atoms with van der Waals surface area (Å²) in [6, 6.07) is 7.79. The van der Waals surface area contributed by atoms with E-state index < -0.39 is 12.1 Å². The normalized spacial score (nSPS) is 11.9. The van der Waals surface area contributed by atoms with Gasteiger partial charge in [-0.2, -0.15) is 0 Å². The molecule has 1 atom stereocenters. The van der Waals surface area contributed by atoms with E-state index in [1.165, 1.54) is 0 Å². The largest absolute Gasteiger partial charge is 0.464 e. The average Bonchev–Trinajstić information content (AvgIpc) is 2.30. The smallest absolute Gasteiger partial charge is 0.335 e. The lowest BCUT2D eigenvalue weighted by molar-refractivity contribution is -0.152. The van der Waals surface area contributed by atoms with E-state index >= 15 is 0 Å². The van der Waals surface area contributed by atoms with Crippen LogP contribution in [-0.4, -0.2) is 23.8 Å². The van der Waals surface area contributed by atoms with Gasteiger partial charge in [-0.1, -0.05) is 36.4 Å². The Bertz CT molecular complexity index is 392. The van der Waals surface area contributed by atoms with Crippen LogP contribution < -0.4 is 0 Å². The Labute approximate surface area is 102 Å². The molecule has 0 radical (unpaired) electrons. The molecule has 0 aliphatic heterocycles. The first-order chi connectivity index (χ1) is 8.04. The van der Waals surface area contributed by atoms with Gasteiger partial charge in [0.1, 0.15) is 0 Å². The molecule has 1 aromatic rings. The number of esters is 1. The summed E-state index contributed by atoms with van der Waals surface area (Å²) in [6.45, 7) is 7.85. The van der Waals surface area contributed by atoms with Gasteiger partial charge in [-0.3, -0.25) is 0 Å². The fourth-order valence-electron chi connectivity index (χ4n) is 1.46. The lowest BCUT2D eigenvalue weighted by Crippen LogP contribution is -2.23. The SMILES string of the molecule is C=C(C[C@H](O)C(=O)OCC)c1ccc(C)cc1. The number of aliphatic hydroxyl groups excluding tert-OH is 1. The molecule has 1 rings (SSSR count). The average molecular weight is 234 g/mol. The molecule has 0 aliphatic rings. The van der Waals surface area contributed by atoms with Crippen molar-refractivity contribution < 1.29 is 14.6 Å². The highest BCUT2D eigenvalue weighted by Gasteiger charge is 2.17. The maximum atomic E-state index is 11.3. The monoisotopic (exact) mass is 234 g/mol. The van der Waals surface area contributed by atoms with Crippen LogP contribution in [0.25, 0.3) is 5.57 Å². The molecule has 0 aromatic heterocycles. The predicted octanol–water partition coefficient (Wildman–Crippen LogP) is 2.32. The zero-order valence-corrected chi connectivity index (χ0v) is 10.3. The van der Waals surface area contributed by atoms with Gasteiger partial charge in [-0.05, 0) is 25.0 Å². The quantitative estimate of drug-likeness (QED) is 0.795. The van der Waals surface area contributed by atoms with Crippen molar-refractivity contribution in [1.82, 2.24) is 0 Å². The number of aliphatic hydroxyl groups is 1.